The third-order valence-electron chi connectivity index (χ3n) is 4.14. The van der Waals surface area contributed by atoms with Crippen LogP contribution < -0.4 is 5.32 Å². The Kier molecular flexibility index (Phi) is 4.80. The van der Waals surface area contributed by atoms with Gasteiger partial charge in [-0.1, -0.05) is 0 Å². The van der Waals surface area contributed by atoms with E-state index in [1.54, 1.807) is 12.1 Å². The zero-order valence-corrected chi connectivity index (χ0v) is 12.9. The van der Waals surface area contributed by atoms with Crippen LogP contribution in [0.2, 0.25) is 0 Å². The minimum Gasteiger partial charge on any atom is -0.353 e. The molecule has 1 saturated heterocycles. The molecule has 1 aromatic carbocycles. The minimum absolute atomic E-state index is 0.0780. The van der Waals surface area contributed by atoms with Crippen molar-refractivity contribution in [3.05, 3.63) is 30.1 Å². The van der Waals surface area contributed by atoms with E-state index >= 15 is 0 Å². The molecule has 0 spiro atoms. The fraction of sp³-hybridized carbons (Fsp3) is 0.562. The van der Waals surface area contributed by atoms with Crippen LogP contribution in [-0.4, -0.2) is 41.7 Å². The van der Waals surface area contributed by atoms with Gasteiger partial charge in [-0.3, -0.25) is 4.79 Å². The molecule has 2 fully saturated rings. The first-order valence-corrected chi connectivity index (χ1v) is 8.61. The molecule has 1 aromatic rings. The largest absolute Gasteiger partial charge is 0.353 e. The van der Waals surface area contributed by atoms with E-state index in [1.807, 2.05) is 0 Å². The molecule has 1 saturated carbocycles. The van der Waals surface area contributed by atoms with E-state index in [0.29, 0.717) is 11.8 Å². The molecule has 5 heteroatoms. The first kappa shape index (κ1) is 14.9. The molecule has 1 amide bonds. The van der Waals surface area contributed by atoms with E-state index in [1.165, 1.54) is 36.7 Å². The van der Waals surface area contributed by atoms with E-state index in [2.05, 4.69) is 10.2 Å². The number of amides is 1. The lowest BCUT2D eigenvalue weighted by Crippen LogP contribution is -2.45. The number of benzene rings is 1. The molecule has 1 N–H and O–H groups in total. The fourth-order valence-corrected chi connectivity index (χ4v) is 3.51. The topological polar surface area (TPSA) is 32.3 Å². The van der Waals surface area contributed by atoms with Crippen LogP contribution in [0.4, 0.5) is 4.39 Å². The predicted octanol–water partition coefficient (Wildman–Crippen LogP) is 2.66. The lowest BCUT2D eigenvalue weighted by molar-refractivity contribution is -0.119. The summed E-state index contributed by atoms with van der Waals surface area (Å²) in [7, 11) is 0. The summed E-state index contributed by atoms with van der Waals surface area (Å²) in [6, 6.07) is 7.42. The van der Waals surface area contributed by atoms with Crippen molar-refractivity contribution in [3.8, 4) is 0 Å². The molecule has 0 bridgehead atoms. The van der Waals surface area contributed by atoms with Gasteiger partial charge in [0.1, 0.15) is 5.82 Å². The number of nitrogens with zero attached hydrogens (tertiary/aromatic N) is 1. The van der Waals surface area contributed by atoms with Crippen LogP contribution in [0.3, 0.4) is 0 Å². The second-order valence-electron chi connectivity index (χ2n) is 5.85. The van der Waals surface area contributed by atoms with E-state index in [-0.39, 0.29) is 11.7 Å². The summed E-state index contributed by atoms with van der Waals surface area (Å²) in [6.07, 6.45) is 4.82. The summed E-state index contributed by atoms with van der Waals surface area (Å²) in [5.41, 5.74) is 0. The Hall–Kier alpha value is -1.07. The number of thioether (sulfide) groups is 1. The monoisotopic (exact) mass is 308 g/mol. The van der Waals surface area contributed by atoms with Crippen LogP contribution >= 0.6 is 11.8 Å². The van der Waals surface area contributed by atoms with Gasteiger partial charge in [-0.25, -0.2) is 4.39 Å². The third kappa shape index (κ3) is 4.45. The van der Waals surface area contributed by atoms with Crippen LogP contribution in [-0.2, 0) is 4.79 Å². The Morgan fingerprint density at radius 3 is 2.48 bits per heavy atom. The molecule has 0 atom stereocenters. The van der Waals surface area contributed by atoms with Crippen LogP contribution in [0, 0.1) is 5.82 Å². The van der Waals surface area contributed by atoms with Gasteiger partial charge in [-0.15, -0.1) is 11.8 Å². The fourth-order valence-electron chi connectivity index (χ4n) is 2.80. The first-order valence-electron chi connectivity index (χ1n) is 7.62. The van der Waals surface area contributed by atoms with Crippen molar-refractivity contribution in [2.24, 2.45) is 0 Å². The summed E-state index contributed by atoms with van der Waals surface area (Å²) < 4.78 is 12.8. The number of likely N-dealkylation sites (tertiary alicyclic amines) is 1. The van der Waals surface area contributed by atoms with Gasteiger partial charge in [0.2, 0.25) is 5.91 Å². The Bertz CT molecular complexity index is 482. The maximum atomic E-state index is 12.8. The first-order chi connectivity index (χ1) is 10.2. The molecule has 114 valence electrons. The Labute approximate surface area is 129 Å². The molecular formula is C16H21FN2OS. The van der Waals surface area contributed by atoms with Gasteiger partial charge in [0, 0.05) is 30.1 Å². The molecule has 1 heterocycles. The molecule has 0 unspecified atom stereocenters. The number of piperidine rings is 1. The summed E-state index contributed by atoms with van der Waals surface area (Å²) in [4.78, 5) is 15.4. The van der Waals surface area contributed by atoms with Crippen LogP contribution in [0.5, 0.6) is 0 Å². The molecule has 1 aliphatic heterocycles. The molecule has 3 nitrogen and oxygen atoms in total. The minimum atomic E-state index is -0.244. The zero-order chi connectivity index (χ0) is 14.7. The number of rotatable bonds is 5. The Morgan fingerprint density at radius 2 is 1.86 bits per heavy atom. The highest BCUT2D eigenvalue weighted by atomic mass is 32.2. The highest BCUT2D eigenvalue weighted by Gasteiger charge is 2.31. The van der Waals surface area contributed by atoms with Crippen molar-refractivity contribution < 1.29 is 9.18 Å². The van der Waals surface area contributed by atoms with E-state index in [0.717, 1.165) is 36.9 Å². The number of carbonyl (C=O) groups is 1. The van der Waals surface area contributed by atoms with Gasteiger partial charge in [0.15, 0.2) is 0 Å². The average Bonchev–Trinajstić information content (AvgIpc) is 3.32. The maximum Gasteiger partial charge on any atom is 0.230 e. The standard InChI is InChI=1S/C16H21FN2OS/c17-12-1-5-15(6-2-12)21-11-16(20)18-13-7-9-19(10-8-13)14-3-4-14/h1-2,5-6,13-14H,3-4,7-11H2,(H,18,20). The quantitative estimate of drug-likeness (QED) is 0.849. The molecule has 21 heavy (non-hydrogen) atoms. The van der Waals surface area contributed by atoms with Crippen LogP contribution in [0.25, 0.3) is 0 Å². The van der Waals surface area contributed by atoms with Gasteiger partial charge in [-0.2, -0.15) is 0 Å². The molecule has 3 rings (SSSR count). The van der Waals surface area contributed by atoms with E-state index in [9.17, 15) is 9.18 Å². The third-order valence-corrected chi connectivity index (χ3v) is 5.15. The van der Waals surface area contributed by atoms with Crippen LogP contribution in [0.1, 0.15) is 25.7 Å². The van der Waals surface area contributed by atoms with Crippen LogP contribution in [0.15, 0.2) is 29.2 Å². The number of carbonyl (C=O) groups excluding carboxylic acids is 1. The number of halogens is 1. The van der Waals surface area contributed by atoms with Crippen molar-refractivity contribution in [2.75, 3.05) is 18.8 Å². The van der Waals surface area contributed by atoms with Gasteiger partial charge < -0.3 is 10.2 Å². The SMILES string of the molecule is O=C(CSc1ccc(F)cc1)NC1CCN(C2CC2)CC1. The van der Waals surface area contributed by atoms with Crippen molar-refractivity contribution in [1.29, 1.82) is 0 Å². The summed E-state index contributed by atoms with van der Waals surface area (Å²) in [5.74, 6) is 0.231. The Morgan fingerprint density at radius 1 is 1.19 bits per heavy atom. The lowest BCUT2D eigenvalue weighted by atomic mass is 10.1. The smallest absolute Gasteiger partial charge is 0.230 e. The second kappa shape index (κ2) is 6.79. The maximum absolute atomic E-state index is 12.8. The van der Waals surface area contributed by atoms with Gasteiger partial charge in [-0.05, 0) is 49.9 Å². The summed E-state index contributed by atoms with van der Waals surface area (Å²) in [5, 5.41) is 3.12. The zero-order valence-electron chi connectivity index (χ0n) is 12.1. The number of nitrogens with one attached hydrogen (secondary N) is 1. The highest BCUT2D eigenvalue weighted by molar-refractivity contribution is 8.00. The molecule has 2 aliphatic rings. The number of hydrogen-bond acceptors (Lipinski definition) is 3. The second-order valence-corrected chi connectivity index (χ2v) is 6.90. The average molecular weight is 308 g/mol. The van der Waals surface area contributed by atoms with E-state index < -0.39 is 0 Å². The number of hydrogen-bond donors (Lipinski definition) is 1. The molecule has 0 aromatic heterocycles. The lowest BCUT2D eigenvalue weighted by Gasteiger charge is -2.32. The normalized spacial score (nSPS) is 20.4. The van der Waals surface area contributed by atoms with Crippen molar-refractivity contribution in [2.45, 2.75) is 42.7 Å². The van der Waals surface area contributed by atoms with Crippen molar-refractivity contribution in [3.63, 3.8) is 0 Å². The summed E-state index contributed by atoms with van der Waals surface area (Å²) in [6.45, 7) is 2.22. The highest BCUT2D eigenvalue weighted by Crippen LogP contribution is 2.29. The van der Waals surface area contributed by atoms with Crippen molar-refractivity contribution >= 4 is 17.7 Å². The van der Waals surface area contributed by atoms with Gasteiger partial charge in [0.05, 0.1) is 5.75 Å². The molecule has 1 aliphatic carbocycles. The van der Waals surface area contributed by atoms with Gasteiger partial charge >= 0.3 is 0 Å². The van der Waals surface area contributed by atoms with E-state index in [4.69, 9.17) is 0 Å². The molecule has 0 radical (unpaired) electrons. The predicted molar refractivity (Wildman–Crippen MR) is 82.9 cm³/mol. The Balaban J connectivity index is 1.37. The summed E-state index contributed by atoms with van der Waals surface area (Å²) >= 11 is 1.45. The molecular weight excluding hydrogens is 287 g/mol. The van der Waals surface area contributed by atoms with Gasteiger partial charge in [0.25, 0.3) is 0 Å². The van der Waals surface area contributed by atoms with Crippen molar-refractivity contribution in [1.82, 2.24) is 10.2 Å².